The minimum Gasteiger partial charge on any atom is -0.480 e. The number of nitrogens with one attached hydrogen (secondary N) is 1. The van der Waals surface area contributed by atoms with Crippen LogP contribution in [0, 0.1) is 0 Å². The van der Waals surface area contributed by atoms with Crippen LogP contribution >= 0.6 is 11.8 Å². The van der Waals surface area contributed by atoms with Crippen LogP contribution in [0.5, 0.6) is 0 Å². The van der Waals surface area contributed by atoms with Crippen LogP contribution in [0.15, 0.2) is 34.9 Å². The zero-order valence-electron chi connectivity index (χ0n) is 24.4. The number of aliphatic hydroxyl groups is 2. The molecule has 1 amide bonds. The van der Waals surface area contributed by atoms with Crippen LogP contribution in [0.1, 0.15) is 93.9 Å². The van der Waals surface area contributed by atoms with Crippen LogP contribution in [0.2, 0.25) is 0 Å². The van der Waals surface area contributed by atoms with E-state index in [2.05, 4.69) is 57.0 Å². The van der Waals surface area contributed by atoms with Gasteiger partial charge in [0.05, 0.1) is 12.7 Å². The van der Waals surface area contributed by atoms with E-state index in [0.29, 0.717) is 12.2 Å². The molecule has 0 saturated carbocycles. The SMILES string of the molecule is CC.CC(O)CO.CCCC(=O)NC(CSC/C=C(\C)CC/C=C(\C)CCC=C(C)C)C(=O)O.CN. The van der Waals surface area contributed by atoms with E-state index in [-0.39, 0.29) is 12.5 Å². The lowest BCUT2D eigenvalue weighted by Crippen LogP contribution is -2.42. The van der Waals surface area contributed by atoms with Gasteiger partial charge in [0.25, 0.3) is 0 Å². The first-order valence-corrected chi connectivity index (χ1v) is 14.1. The Hall–Kier alpha value is -1.61. The predicted molar refractivity (Wildman–Crippen MR) is 157 cm³/mol. The van der Waals surface area contributed by atoms with Crippen molar-refractivity contribution < 1.29 is 24.9 Å². The van der Waals surface area contributed by atoms with Gasteiger partial charge in [-0.05, 0) is 73.8 Å². The van der Waals surface area contributed by atoms with Gasteiger partial charge < -0.3 is 26.4 Å². The first kappa shape index (κ1) is 41.5. The number of rotatable bonds is 15. The van der Waals surface area contributed by atoms with E-state index in [1.54, 1.807) is 0 Å². The van der Waals surface area contributed by atoms with Gasteiger partial charge in [0.15, 0.2) is 0 Å². The number of carboxylic acids is 1. The van der Waals surface area contributed by atoms with Crippen LogP contribution in [0.25, 0.3) is 0 Å². The number of amides is 1. The fourth-order valence-electron chi connectivity index (χ4n) is 2.39. The maximum atomic E-state index is 11.6. The molecule has 0 aromatic rings. The van der Waals surface area contributed by atoms with Crippen LogP contribution < -0.4 is 11.1 Å². The molecule has 0 aliphatic heterocycles. The Kier molecular flexibility index (Phi) is 36.2. The highest BCUT2D eigenvalue weighted by molar-refractivity contribution is 7.99. The number of allylic oxidation sites excluding steroid dienone is 5. The molecule has 8 heteroatoms. The van der Waals surface area contributed by atoms with Crippen molar-refractivity contribution in [2.24, 2.45) is 5.73 Å². The number of nitrogens with two attached hydrogens (primary N) is 1. The molecular weight excluding hydrogens is 476 g/mol. The summed E-state index contributed by atoms with van der Waals surface area (Å²) in [4.78, 5) is 22.8. The molecule has 0 saturated heterocycles. The second-order valence-electron chi connectivity index (χ2n) is 8.24. The molecule has 0 bridgehead atoms. The predicted octanol–water partition coefficient (Wildman–Crippen LogP) is 5.47. The van der Waals surface area contributed by atoms with Gasteiger partial charge in [-0.15, -0.1) is 0 Å². The lowest BCUT2D eigenvalue weighted by atomic mass is 10.1. The number of carbonyl (C=O) groups is 2. The van der Waals surface area contributed by atoms with E-state index in [9.17, 15) is 14.7 Å². The molecule has 2 unspecified atom stereocenters. The summed E-state index contributed by atoms with van der Waals surface area (Å²) in [6, 6.07) is -0.811. The molecular formula is C28H56N2O5S. The highest BCUT2D eigenvalue weighted by Gasteiger charge is 2.18. The highest BCUT2D eigenvalue weighted by Crippen LogP contribution is 2.13. The largest absolute Gasteiger partial charge is 0.480 e. The van der Waals surface area contributed by atoms with Gasteiger partial charge in [0, 0.05) is 17.9 Å². The van der Waals surface area contributed by atoms with Crippen molar-refractivity contribution in [1.82, 2.24) is 5.32 Å². The number of hydrogen-bond acceptors (Lipinski definition) is 6. The van der Waals surface area contributed by atoms with E-state index in [4.69, 9.17) is 10.2 Å². The first-order chi connectivity index (χ1) is 17.0. The summed E-state index contributed by atoms with van der Waals surface area (Å²) in [6.07, 6.45) is 11.6. The van der Waals surface area contributed by atoms with Crippen molar-refractivity contribution in [1.29, 1.82) is 0 Å². The molecule has 2 atom stereocenters. The monoisotopic (exact) mass is 532 g/mol. The summed E-state index contributed by atoms with van der Waals surface area (Å²) >= 11 is 1.54. The Morgan fingerprint density at radius 1 is 0.944 bits per heavy atom. The summed E-state index contributed by atoms with van der Waals surface area (Å²) in [5, 5.41) is 27.8. The number of thioether (sulfide) groups is 1. The van der Waals surface area contributed by atoms with Crippen molar-refractivity contribution in [2.75, 3.05) is 25.2 Å². The van der Waals surface area contributed by atoms with Crippen LogP contribution in [0.4, 0.5) is 0 Å². The number of carboxylic acid groups (broad SMARTS) is 1. The Morgan fingerprint density at radius 2 is 1.42 bits per heavy atom. The summed E-state index contributed by atoms with van der Waals surface area (Å²) in [7, 11) is 1.50. The van der Waals surface area contributed by atoms with Crippen LogP contribution in [-0.2, 0) is 9.59 Å². The summed E-state index contributed by atoms with van der Waals surface area (Å²) in [6.45, 7) is 15.8. The average Bonchev–Trinajstić information content (AvgIpc) is 2.83. The van der Waals surface area contributed by atoms with Crippen molar-refractivity contribution in [3.8, 4) is 0 Å². The number of carbonyl (C=O) groups excluding carboxylic acids is 1. The third kappa shape index (κ3) is 34.6. The molecule has 6 N–H and O–H groups in total. The highest BCUT2D eigenvalue weighted by atomic mass is 32.2. The van der Waals surface area contributed by atoms with Crippen LogP contribution in [0.3, 0.4) is 0 Å². The Balaban J connectivity index is -0.000000492. The second-order valence-corrected chi connectivity index (χ2v) is 9.31. The van der Waals surface area contributed by atoms with Crippen molar-refractivity contribution >= 4 is 23.6 Å². The van der Waals surface area contributed by atoms with Crippen molar-refractivity contribution in [3.63, 3.8) is 0 Å². The third-order valence-electron chi connectivity index (χ3n) is 4.33. The molecule has 0 fully saturated rings. The average molecular weight is 533 g/mol. The molecule has 0 heterocycles. The number of aliphatic hydroxyl groups excluding tert-OH is 2. The van der Waals surface area contributed by atoms with Gasteiger partial charge in [-0.3, -0.25) is 4.79 Å². The molecule has 0 spiro atoms. The Bertz CT molecular complexity index is 613. The van der Waals surface area contributed by atoms with Gasteiger partial charge in [-0.1, -0.05) is 55.7 Å². The lowest BCUT2D eigenvalue weighted by molar-refractivity contribution is -0.141. The smallest absolute Gasteiger partial charge is 0.327 e. The van der Waals surface area contributed by atoms with Gasteiger partial charge in [0.2, 0.25) is 5.91 Å². The molecule has 0 rings (SSSR count). The van der Waals surface area contributed by atoms with Gasteiger partial charge >= 0.3 is 5.97 Å². The Labute approximate surface area is 225 Å². The molecule has 0 aromatic carbocycles. The molecule has 36 heavy (non-hydrogen) atoms. The van der Waals surface area contributed by atoms with E-state index in [1.165, 1.54) is 42.5 Å². The van der Waals surface area contributed by atoms with Gasteiger partial charge in [-0.25, -0.2) is 4.79 Å². The topological polar surface area (TPSA) is 133 Å². The summed E-state index contributed by atoms with van der Waals surface area (Å²) in [5.74, 6) is -0.00847. The molecule has 0 aromatic heterocycles. The molecule has 0 aliphatic rings. The maximum absolute atomic E-state index is 11.6. The molecule has 0 radical (unpaired) electrons. The fourth-order valence-corrected chi connectivity index (χ4v) is 3.39. The van der Waals surface area contributed by atoms with E-state index in [1.807, 2.05) is 20.8 Å². The minimum absolute atomic E-state index is 0.139. The van der Waals surface area contributed by atoms with E-state index < -0.39 is 18.1 Å². The fraction of sp³-hybridized carbons (Fsp3) is 0.714. The quantitative estimate of drug-likeness (QED) is 0.139. The van der Waals surface area contributed by atoms with Crippen molar-refractivity contribution in [2.45, 2.75) is 106 Å². The molecule has 0 aliphatic carbocycles. The minimum atomic E-state index is -0.971. The van der Waals surface area contributed by atoms with E-state index >= 15 is 0 Å². The summed E-state index contributed by atoms with van der Waals surface area (Å²) < 4.78 is 0. The zero-order valence-corrected chi connectivity index (χ0v) is 25.2. The summed E-state index contributed by atoms with van der Waals surface area (Å²) in [5.41, 5.74) is 8.62. The number of aliphatic carboxylic acids is 1. The normalized spacial score (nSPS) is 12.3. The second kappa shape index (κ2) is 31.4. The number of hydrogen-bond donors (Lipinski definition) is 5. The Morgan fingerprint density at radius 3 is 1.83 bits per heavy atom. The zero-order chi connectivity index (χ0) is 28.9. The van der Waals surface area contributed by atoms with Crippen LogP contribution in [-0.4, -0.2) is 64.5 Å². The molecule has 7 nitrogen and oxygen atoms in total. The molecule has 214 valence electrons. The standard InChI is InChI=1S/C22H37NO3S.C3H8O2.C2H6.CH5N/c1-6-9-21(24)23-20(22(25)26)16-27-15-14-19(5)13-8-12-18(4)11-7-10-17(2)3;1-3(5)2-4;2*1-2/h10,12,14,20H,6-9,11,13,15-16H2,1-5H3,(H,23,24)(H,25,26);3-5H,2H2,1H3;1-2H3;2H2,1H3/b18-12+,19-14+;;;. The maximum Gasteiger partial charge on any atom is 0.327 e. The van der Waals surface area contributed by atoms with Gasteiger partial charge in [0.1, 0.15) is 6.04 Å². The van der Waals surface area contributed by atoms with Crippen molar-refractivity contribution in [3.05, 3.63) is 34.9 Å². The van der Waals surface area contributed by atoms with E-state index in [0.717, 1.165) is 37.9 Å². The van der Waals surface area contributed by atoms with Gasteiger partial charge in [-0.2, -0.15) is 11.8 Å². The third-order valence-corrected chi connectivity index (χ3v) is 5.30. The lowest BCUT2D eigenvalue weighted by Gasteiger charge is -2.13. The first-order valence-electron chi connectivity index (χ1n) is 12.9.